The second kappa shape index (κ2) is 8.32. The lowest BCUT2D eigenvalue weighted by molar-refractivity contribution is -0.147. The summed E-state index contributed by atoms with van der Waals surface area (Å²) in [5, 5.41) is 9.84. The van der Waals surface area contributed by atoms with E-state index in [1.54, 1.807) is 0 Å². The molecule has 144 valence electrons. The van der Waals surface area contributed by atoms with Gasteiger partial charge < -0.3 is 10.0 Å². The third-order valence-electron chi connectivity index (χ3n) is 5.38. The number of anilines is 1. The summed E-state index contributed by atoms with van der Waals surface area (Å²) in [7, 11) is 0. The average molecular weight is 387 g/mol. The molecule has 0 radical (unpaired) electrons. The smallest absolute Gasteiger partial charge is 0.309 e. The van der Waals surface area contributed by atoms with Crippen LogP contribution in [0.15, 0.2) is 36.4 Å². The summed E-state index contributed by atoms with van der Waals surface area (Å²) >= 11 is 6.16. The summed E-state index contributed by atoms with van der Waals surface area (Å²) < 4.78 is 0. The summed E-state index contributed by atoms with van der Waals surface area (Å²) in [4.78, 5) is 15.5. The van der Waals surface area contributed by atoms with Gasteiger partial charge in [0.15, 0.2) is 0 Å². The number of aliphatic carboxylic acids is 1. The molecule has 27 heavy (non-hydrogen) atoms. The van der Waals surface area contributed by atoms with Gasteiger partial charge in [-0.3, -0.25) is 9.69 Å². The van der Waals surface area contributed by atoms with Crippen LogP contribution < -0.4 is 4.90 Å². The lowest BCUT2D eigenvalue weighted by Crippen LogP contribution is -2.49. The van der Waals surface area contributed by atoms with Crippen molar-refractivity contribution in [2.75, 3.05) is 24.5 Å². The minimum absolute atomic E-state index is 0.211. The number of carboxylic acid groups (broad SMARTS) is 1. The highest BCUT2D eigenvalue weighted by atomic mass is 35.5. The summed E-state index contributed by atoms with van der Waals surface area (Å²) in [5.74, 6) is -0.897. The first-order valence-electron chi connectivity index (χ1n) is 9.42. The maximum atomic E-state index is 11.0. The van der Waals surface area contributed by atoms with Crippen molar-refractivity contribution < 1.29 is 9.90 Å². The molecule has 2 aromatic rings. The molecule has 1 saturated heterocycles. The molecule has 1 aliphatic heterocycles. The molecule has 0 atom stereocenters. The first kappa shape index (κ1) is 19.7. The van der Waals surface area contributed by atoms with Gasteiger partial charge in [-0.05, 0) is 61.2 Å². The summed E-state index contributed by atoms with van der Waals surface area (Å²) in [6.45, 7) is 10.2. The van der Waals surface area contributed by atoms with E-state index in [9.17, 15) is 4.79 Å². The third-order valence-corrected chi connectivity index (χ3v) is 5.80. The van der Waals surface area contributed by atoms with Gasteiger partial charge in [0, 0.05) is 43.4 Å². The Morgan fingerprint density at radius 3 is 2.56 bits per heavy atom. The number of likely N-dealkylation sites (tertiary alicyclic amines) is 1. The van der Waals surface area contributed by atoms with Crippen molar-refractivity contribution in [3.63, 3.8) is 0 Å². The van der Waals surface area contributed by atoms with E-state index in [0.29, 0.717) is 13.1 Å². The van der Waals surface area contributed by atoms with Crippen molar-refractivity contribution >= 4 is 23.3 Å². The molecule has 5 heteroatoms. The van der Waals surface area contributed by atoms with Gasteiger partial charge in [0.25, 0.3) is 0 Å². The van der Waals surface area contributed by atoms with Crippen LogP contribution in [0.1, 0.15) is 29.2 Å². The van der Waals surface area contributed by atoms with E-state index in [-0.39, 0.29) is 5.92 Å². The highest BCUT2D eigenvalue weighted by molar-refractivity contribution is 6.31. The van der Waals surface area contributed by atoms with Gasteiger partial charge in [-0.1, -0.05) is 29.8 Å². The number of hydrogen-bond donors (Lipinski definition) is 1. The largest absolute Gasteiger partial charge is 0.481 e. The minimum Gasteiger partial charge on any atom is -0.481 e. The summed E-state index contributed by atoms with van der Waals surface area (Å²) in [6, 6.07) is 12.8. The number of hydrogen-bond acceptors (Lipinski definition) is 3. The summed E-state index contributed by atoms with van der Waals surface area (Å²) in [5.41, 5.74) is 6.06. The Labute approximate surface area is 166 Å². The Kier molecular flexibility index (Phi) is 6.08. The lowest BCUT2D eigenvalue weighted by atomic mass is 9.97. The van der Waals surface area contributed by atoms with Crippen molar-refractivity contribution in [1.29, 1.82) is 0 Å². The molecule has 0 bridgehead atoms. The van der Waals surface area contributed by atoms with Gasteiger partial charge in [0.05, 0.1) is 5.92 Å². The normalized spacial score (nSPS) is 14.8. The molecule has 0 aromatic heterocycles. The van der Waals surface area contributed by atoms with E-state index in [1.807, 2.05) is 13.0 Å². The molecule has 2 aromatic carbocycles. The van der Waals surface area contributed by atoms with Crippen LogP contribution in [0, 0.1) is 19.8 Å². The van der Waals surface area contributed by atoms with Crippen LogP contribution in [0.4, 0.5) is 5.69 Å². The average Bonchev–Trinajstić information content (AvgIpc) is 2.60. The van der Waals surface area contributed by atoms with Crippen molar-refractivity contribution in [3.05, 3.63) is 63.7 Å². The van der Waals surface area contributed by atoms with Crippen molar-refractivity contribution in [3.8, 4) is 0 Å². The maximum absolute atomic E-state index is 11.0. The quantitative estimate of drug-likeness (QED) is 0.760. The van der Waals surface area contributed by atoms with Crippen LogP contribution in [0.2, 0.25) is 5.02 Å². The van der Waals surface area contributed by atoms with Crippen molar-refractivity contribution in [1.82, 2.24) is 4.90 Å². The van der Waals surface area contributed by atoms with Gasteiger partial charge in [0.2, 0.25) is 0 Å². The number of carbonyl (C=O) groups is 1. The zero-order chi connectivity index (χ0) is 19.6. The van der Waals surface area contributed by atoms with E-state index < -0.39 is 5.97 Å². The second-order valence-corrected chi connectivity index (χ2v) is 7.84. The van der Waals surface area contributed by atoms with Gasteiger partial charge in [-0.25, -0.2) is 0 Å². The molecule has 0 spiro atoms. The van der Waals surface area contributed by atoms with Crippen LogP contribution in [-0.4, -0.2) is 35.6 Å². The zero-order valence-corrected chi connectivity index (χ0v) is 17.0. The molecule has 0 unspecified atom stereocenters. The SMILES string of the molecule is CCN(Cc1ccc(C)c(CN2CC(C(=O)O)C2)c1)c1ccc(Cl)c(C)c1. The fourth-order valence-electron chi connectivity index (χ4n) is 3.52. The van der Waals surface area contributed by atoms with Gasteiger partial charge in [-0.15, -0.1) is 0 Å². The van der Waals surface area contributed by atoms with Gasteiger partial charge in [-0.2, -0.15) is 0 Å². The van der Waals surface area contributed by atoms with E-state index in [2.05, 4.69) is 54.0 Å². The molecule has 0 saturated carbocycles. The monoisotopic (exact) mass is 386 g/mol. The molecule has 1 fully saturated rings. The third kappa shape index (κ3) is 4.63. The molecular formula is C22H27ClN2O2. The number of carboxylic acids is 1. The van der Waals surface area contributed by atoms with Crippen LogP contribution in [0.5, 0.6) is 0 Å². The fraction of sp³-hybridized carbons (Fsp3) is 0.409. The van der Waals surface area contributed by atoms with Crippen LogP contribution >= 0.6 is 11.6 Å². The molecule has 0 aliphatic carbocycles. The number of benzene rings is 2. The topological polar surface area (TPSA) is 43.8 Å². The molecule has 1 heterocycles. The molecule has 1 aliphatic rings. The Hall–Kier alpha value is -2.04. The number of rotatable bonds is 7. The van der Waals surface area contributed by atoms with Crippen LogP contribution in [0.3, 0.4) is 0 Å². The zero-order valence-electron chi connectivity index (χ0n) is 16.2. The Balaban J connectivity index is 1.71. The molecule has 0 amide bonds. The van der Waals surface area contributed by atoms with Gasteiger partial charge in [0.1, 0.15) is 0 Å². The molecular weight excluding hydrogens is 360 g/mol. The highest BCUT2D eigenvalue weighted by Gasteiger charge is 2.32. The Bertz CT molecular complexity index is 831. The standard InChI is InChI=1S/C22H27ClN2O2/c1-4-25(20-7-8-21(23)16(3)9-20)11-17-6-5-15(2)18(10-17)12-24-13-19(14-24)22(26)27/h5-10,19H,4,11-14H2,1-3H3,(H,26,27). The fourth-order valence-corrected chi connectivity index (χ4v) is 3.64. The number of aryl methyl sites for hydroxylation is 2. The first-order chi connectivity index (χ1) is 12.9. The van der Waals surface area contributed by atoms with Crippen molar-refractivity contribution in [2.24, 2.45) is 5.92 Å². The first-order valence-corrected chi connectivity index (χ1v) is 9.79. The Morgan fingerprint density at radius 2 is 1.93 bits per heavy atom. The minimum atomic E-state index is -0.687. The van der Waals surface area contributed by atoms with Gasteiger partial charge >= 0.3 is 5.97 Å². The Morgan fingerprint density at radius 1 is 1.19 bits per heavy atom. The predicted molar refractivity (Wildman–Crippen MR) is 110 cm³/mol. The van der Waals surface area contributed by atoms with E-state index in [0.717, 1.165) is 30.2 Å². The van der Waals surface area contributed by atoms with Crippen LogP contribution in [-0.2, 0) is 17.9 Å². The maximum Gasteiger partial charge on any atom is 0.309 e. The highest BCUT2D eigenvalue weighted by Crippen LogP contribution is 2.25. The van der Waals surface area contributed by atoms with E-state index >= 15 is 0 Å². The van der Waals surface area contributed by atoms with E-state index in [4.69, 9.17) is 16.7 Å². The van der Waals surface area contributed by atoms with E-state index in [1.165, 1.54) is 22.4 Å². The number of nitrogens with zero attached hydrogens (tertiary/aromatic N) is 2. The molecule has 4 nitrogen and oxygen atoms in total. The predicted octanol–water partition coefficient (Wildman–Crippen LogP) is 4.50. The number of halogens is 1. The van der Waals surface area contributed by atoms with Crippen molar-refractivity contribution in [2.45, 2.75) is 33.9 Å². The van der Waals surface area contributed by atoms with Crippen LogP contribution in [0.25, 0.3) is 0 Å². The molecule has 1 N–H and O–H groups in total. The second-order valence-electron chi connectivity index (χ2n) is 7.44. The molecule has 3 rings (SSSR count). The summed E-state index contributed by atoms with van der Waals surface area (Å²) in [6.07, 6.45) is 0. The lowest BCUT2D eigenvalue weighted by Gasteiger charge is -2.37.